The topological polar surface area (TPSA) is 74.5 Å². The van der Waals surface area contributed by atoms with Gasteiger partial charge in [0.25, 0.3) is 0 Å². The molecular weight excluding hydrogens is 317 g/mol. The highest BCUT2D eigenvalue weighted by Gasteiger charge is 2.08. The van der Waals surface area contributed by atoms with Crippen molar-refractivity contribution < 1.29 is 4.39 Å². The van der Waals surface area contributed by atoms with Gasteiger partial charge >= 0.3 is 0 Å². The van der Waals surface area contributed by atoms with Crippen molar-refractivity contribution in [1.82, 2.24) is 15.0 Å². The van der Waals surface area contributed by atoms with Crippen molar-refractivity contribution in [3.05, 3.63) is 71.3 Å². The van der Waals surface area contributed by atoms with E-state index in [2.05, 4.69) is 20.3 Å². The van der Waals surface area contributed by atoms with Gasteiger partial charge in [-0.25, -0.2) is 14.4 Å². The lowest BCUT2D eigenvalue weighted by Crippen LogP contribution is -2.06. The molecule has 1 aromatic carbocycles. The van der Waals surface area contributed by atoms with E-state index in [1.54, 1.807) is 18.3 Å². The van der Waals surface area contributed by atoms with Crippen LogP contribution in [0, 0.1) is 17.1 Å². The highest BCUT2D eigenvalue weighted by molar-refractivity contribution is 5.53. The van der Waals surface area contributed by atoms with Gasteiger partial charge in [-0.2, -0.15) is 5.26 Å². The SMILES string of the molecule is CCc1cc(NCc2ccc(C#N)cc2F)nc(-c2ccccn2)n1. The second-order valence-corrected chi connectivity index (χ2v) is 5.41. The molecule has 6 heteroatoms. The van der Waals surface area contributed by atoms with Gasteiger partial charge in [-0.1, -0.05) is 19.1 Å². The summed E-state index contributed by atoms with van der Waals surface area (Å²) in [6, 6.07) is 13.7. The summed E-state index contributed by atoms with van der Waals surface area (Å²) in [4.78, 5) is 13.2. The molecule has 0 atom stereocenters. The van der Waals surface area contributed by atoms with Gasteiger partial charge in [0, 0.05) is 30.1 Å². The van der Waals surface area contributed by atoms with Gasteiger partial charge in [-0.05, 0) is 30.7 Å². The number of anilines is 1. The summed E-state index contributed by atoms with van der Waals surface area (Å²) in [6.07, 6.45) is 2.44. The van der Waals surface area contributed by atoms with Crippen molar-refractivity contribution in [3.8, 4) is 17.6 Å². The first-order valence-electron chi connectivity index (χ1n) is 7.91. The molecule has 5 nitrogen and oxygen atoms in total. The monoisotopic (exact) mass is 333 g/mol. The predicted octanol–water partition coefficient (Wildman–Crippen LogP) is 3.72. The molecule has 124 valence electrons. The Morgan fingerprint density at radius 1 is 1.16 bits per heavy atom. The summed E-state index contributed by atoms with van der Waals surface area (Å²) in [6.45, 7) is 2.27. The van der Waals surface area contributed by atoms with Gasteiger partial charge < -0.3 is 5.32 Å². The number of hydrogen-bond acceptors (Lipinski definition) is 5. The summed E-state index contributed by atoms with van der Waals surface area (Å²) in [5.74, 6) is 0.722. The third-order valence-electron chi connectivity index (χ3n) is 3.68. The molecule has 0 amide bonds. The van der Waals surface area contributed by atoms with E-state index in [0.717, 1.165) is 12.1 Å². The third kappa shape index (κ3) is 3.96. The van der Waals surface area contributed by atoms with E-state index in [-0.39, 0.29) is 6.54 Å². The Kier molecular flexibility index (Phi) is 4.95. The van der Waals surface area contributed by atoms with Gasteiger partial charge in [-0.3, -0.25) is 4.98 Å². The van der Waals surface area contributed by atoms with Crippen LogP contribution in [-0.2, 0) is 13.0 Å². The number of rotatable bonds is 5. The van der Waals surface area contributed by atoms with Gasteiger partial charge in [0.2, 0.25) is 0 Å². The maximum absolute atomic E-state index is 14.0. The second kappa shape index (κ2) is 7.49. The minimum absolute atomic E-state index is 0.263. The van der Waals surface area contributed by atoms with E-state index >= 15 is 0 Å². The van der Waals surface area contributed by atoms with E-state index in [1.807, 2.05) is 37.3 Å². The molecule has 0 saturated heterocycles. The van der Waals surface area contributed by atoms with Gasteiger partial charge in [0.05, 0.1) is 11.6 Å². The van der Waals surface area contributed by atoms with Crippen molar-refractivity contribution in [2.75, 3.05) is 5.32 Å². The summed E-state index contributed by atoms with van der Waals surface area (Å²) in [7, 11) is 0. The van der Waals surface area contributed by atoms with Crippen LogP contribution in [0.15, 0.2) is 48.7 Å². The van der Waals surface area contributed by atoms with Crippen LogP contribution in [0.1, 0.15) is 23.7 Å². The Balaban J connectivity index is 1.84. The number of nitrogens with zero attached hydrogens (tertiary/aromatic N) is 4. The first-order valence-corrected chi connectivity index (χ1v) is 7.91. The first kappa shape index (κ1) is 16.5. The molecule has 0 aliphatic rings. The third-order valence-corrected chi connectivity index (χ3v) is 3.68. The van der Waals surface area contributed by atoms with Crippen LogP contribution in [0.5, 0.6) is 0 Å². The second-order valence-electron chi connectivity index (χ2n) is 5.41. The van der Waals surface area contributed by atoms with E-state index in [4.69, 9.17) is 5.26 Å². The molecule has 0 spiro atoms. The summed E-state index contributed by atoms with van der Waals surface area (Å²) in [5, 5.41) is 11.9. The van der Waals surface area contributed by atoms with Crippen molar-refractivity contribution in [2.24, 2.45) is 0 Å². The molecule has 2 aromatic heterocycles. The Bertz CT molecular complexity index is 919. The van der Waals surface area contributed by atoms with Crippen LogP contribution in [0.25, 0.3) is 11.5 Å². The zero-order chi connectivity index (χ0) is 17.6. The molecule has 0 fully saturated rings. The standard InChI is InChI=1S/C19H16FN5/c1-2-15-10-18(25-19(24-15)17-5-3-4-8-22-17)23-12-14-7-6-13(11-21)9-16(14)20/h3-10H,2,12H2,1H3,(H,23,24,25). The summed E-state index contributed by atoms with van der Waals surface area (Å²) >= 11 is 0. The maximum Gasteiger partial charge on any atom is 0.180 e. The highest BCUT2D eigenvalue weighted by Crippen LogP contribution is 2.17. The van der Waals surface area contributed by atoms with Crippen molar-refractivity contribution >= 4 is 5.82 Å². The fourth-order valence-corrected chi connectivity index (χ4v) is 2.32. The number of nitrogens with one attached hydrogen (secondary N) is 1. The number of hydrogen-bond donors (Lipinski definition) is 1. The fourth-order valence-electron chi connectivity index (χ4n) is 2.32. The van der Waals surface area contributed by atoms with Gasteiger partial charge in [0.15, 0.2) is 5.82 Å². The number of benzene rings is 1. The zero-order valence-corrected chi connectivity index (χ0v) is 13.7. The first-order chi connectivity index (χ1) is 12.2. The minimum Gasteiger partial charge on any atom is -0.366 e. The van der Waals surface area contributed by atoms with Crippen molar-refractivity contribution in [1.29, 1.82) is 5.26 Å². The Hall–Kier alpha value is -3.33. The molecule has 3 rings (SSSR count). The molecule has 2 heterocycles. The van der Waals surface area contributed by atoms with E-state index < -0.39 is 5.82 Å². The van der Waals surface area contributed by atoms with E-state index in [1.165, 1.54) is 6.07 Å². The molecule has 0 unspecified atom stereocenters. The number of halogens is 1. The van der Waals surface area contributed by atoms with Crippen LogP contribution in [-0.4, -0.2) is 15.0 Å². The maximum atomic E-state index is 14.0. The van der Waals surface area contributed by atoms with Gasteiger partial charge in [0.1, 0.15) is 17.3 Å². The lowest BCUT2D eigenvalue weighted by atomic mass is 10.1. The highest BCUT2D eigenvalue weighted by atomic mass is 19.1. The zero-order valence-electron chi connectivity index (χ0n) is 13.7. The number of pyridine rings is 1. The lowest BCUT2D eigenvalue weighted by Gasteiger charge is -2.10. The minimum atomic E-state index is -0.415. The number of aryl methyl sites for hydroxylation is 1. The van der Waals surface area contributed by atoms with E-state index in [0.29, 0.717) is 28.5 Å². The molecular formula is C19H16FN5. The largest absolute Gasteiger partial charge is 0.366 e. The van der Waals surface area contributed by atoms with E-state index in [9.17, 15) is 4.39 Å². The summed E-state index contributed by atoms with van der Waals surface area (Å²) in [5.41, 5.74) is 2.33. The molecule has 0 aliphatic carbocycles. The van der Waals surface area contributed by atoms with Gasteiger partial charge in [-0.15, -0.1) is 0 Å². The van der Waals surface area contributed by atoms with Crippen LogP contribution in [0.3, 0.4) is 0 Å². The number of nitriles is 1. The average molecular weight is 333 g/mol. The van der Waals surface area contributed by atoms with Crippen molar-refractivity contribution in [2.45, 2.75) is 19.9 Å². The normalized spacial score (nSPS) is 10.3. The molecule has 0 saturated carbocycles. The Morgan fingerprint density at radius 3 is 2.72 bits per heavy atom. The quantitative estimate of drug-likeness (QED) is 0.770. The Labute approximate surface area is 145 Å². The van der Waals surface area contributed by atoms with Crippen LogP contribution < -0.4 is 5.32 Å². The van der Waals surface area contributed by atoms with Crippen molar-refractivity contribution in [3.63, 3.8) is 0 Å². The summed E-state index contributed by atoms with van der Waals surface area (Å²) < 4.78 is 14.0. The molecule has 3 aromatic rings. The Morgan fingerprint density at radius 2 is 2.04 bits per heavy atom. The lowest BCUT2D eigenvalue weighted by molar-refractivity contribution is 0.612. The number of aromatic nitrogens is 3. The predicted molar refractivity (Wildman–Crippen MR) is 93.1 cm³/mol. The molecule has 0 radical (unpaired) electrons. The molecule has 0 aliphatic heterocycles. The molecule has 0 bridgehead atoms. The van der Waals surface area contributed by atoms with Crippen LogP contribution in [0.4, 0.5) is 10.2 Å². The molecule has 1 N–H and O–H groups in total. The fraction of sp³-hybridized carbons (Fsp3) is 0.158. The van der Waals surface area contributed by atoms with Crippen LogP contribution in [0.2, 0.25) is 0 Å². The van der Waals surface area contributed by atoms with Crippen LogP contribution >= 0.6 is 0 Å². The average Bonchev–Trinajstić information content (AvgIpc) is 2.67. The molecule has 25 heavy (non-hydrogen) atoms. The smallest absolute Gasteiger partial charge is 0.180 e.